The molecule has 0 bridgehead atoms. The second-order valence-corrected chi connectivity index (χ2v) is 6.09. The van der Waals surface area contributed by atoms with Gasteiger partial charge in [-0.2, -0.15) is 0 Å². The number of nitro benzene ring substituents is 1. The fraction of sp³-hybridized carbons (Fsp3) is 0.462. The van der Waals surface area contributed by atoms with Gasteiger partial charge in [-0.05, 0) is 26.8 Å². The third kappa shape index (κ3) is 5.49. The van der Waals surface area contributed by atoms with E-state index in [0.717, 1.165) is 0 Å². The molecule has 0 aliphatic heterocycles. The van der Waals surface area contributed by atoms with Crippen molar-refractivity contribution in [1.29, 1.82) is 0 Å². The van der Waals surface area contributed by atoms with Crippen LogP contribution in [0.5, 0.6) is 0 Å². The molecule has 0 saturated heterocycles. The average Bonchev–Trinajstić information content (AvgIpc) is 2.31. The van der Waals surface area contributed by atoms with E-state index in [4.69, 9.17) is 27.9 Å². The highest BCUT2D eigenvalue weighted by Crippen LogP contribution is 2.32. The average molecular weight is 335 g/mol. The Morgan fingerprint density at radius 1 is 1.38 bits per heavy atom. The predicted octanol–water partition coefficient (Wildman–Crippen LogP) is 3.33. The van der Waals surface area contributed by atoms with Crippen LogP contribution in [0.1, 0.15) is 26.3 Å². The number of rotatable bonds is 5. The first kappa shape index (κ1) is 17.7. The van der Waals surface area contributed by atoms with Crippen molar-refractivity contribution in [3.05, 3.63) is 37.9 Å². The van der Waals surface area contributed by atoms with Crippen molar-refractivity contribution in [3.8, 4) is 0 Å². The zero-order valence-electron chi connectivity index (χ0n) is 11.9. The molecule has 0 fully saturated rings. The first-order chi connectivity index (χ1) is 9.61. The number of ether oxygens (including phenoxy) is 1. The SMILES string of the molecule is CC(C)(C)OC(=O)CNCc1c([N+](=O)[O-])ccc(Cl)c1Cl. The largest absolute Gasteiger partial charge is 0.459 e. The molecule has 0 heterocycles. The van der Waals surface area contributed by atoms with Gasteiger partial charge in [-0.15, -0.1) is 0 Å². The van der Waals surface area contributed by atoms with E-state index in [9.17, 15) is 14.9 Å². The fourth-order valence-corrected chi connectivity index (χ4v) is 1.99. The molecule has 0 aromatic heterocycles. The quantitative estimate of drug-likeness (QED) is 0.507. The second kappa shape index (κ2) is 7.06. The zero-order chi connectivity index (χ0) is 16.2. The highest BCUT2D eigenvalue weighted by atomic mass is 35.5. The summed E-state index contributed by atoms with van der Waals surface area (Å²) >= 11 is 11.8. The molecule has 21 heavy (non-hydrogen) atoms. The van der Waals surface area contributed by atoms with Crippen molar-refractivity contribution in [2.45, 2.75) is 32.9 Å². The van der Waals surface area contributed by atoms with Crippen molar-refractivity contribution >= 4 is 34.9 Å². The molecule has 0 atom stereocenters. The normalized spacial score (nSPS) is 11.3. The molecule has 0 saturated carbocycles. The number of nitrogens with zero attached hydrogens (tertiary/aromatic N) is 1. The van der Waals surface area contributed by atoms with Gasteiger partial charge in [0.15, 0.2) is 0 Å². The summed E-state index contributed by atoms with van der Waals surface area (Å²) in [6.45, 7) is 5.21. The molecule has 0 unspecified atom stereocenters. The van der Waals surface area contributed by atoms with Gasteiger partial charge in [0.2, 0.25) is 0 Å². The number of hydrogen-bond acceptors (Lipinski definition) is 5. The van der Waals surface area contributed by atoms with Crippen LogP contribution in [-0.2, 0) is 16.1 Å². The Kier molecular flexibility index (Phi) is 5.95. The van der Waals surface area contributed by atoms with E-state index in [1.54, 1.807) is 20.8 Å². The van der Waals surface area contributed by atoms with Crippen LogP contribution in [0.25, 0.3) is 0 Å². The topological polar surface area (TPSA) is 81.5 Å². The van der Waals surface area contributed by atoms with Crippen LogP contribution in [0.15, 0.2) is 12.1 Å². The van der Waals surface area contributed by atoms with Crippen LogP contribution in [0.3, 0.4) is 0 Å². The van der Waals surface area contributed by atoms with Crippen LogP contribution in [0.2, 0.25) is 10.0 Å². The van der Waals surface area contributed by atoms with Crippen molar-refractivity contribution in [2.75, 3.05) is 6.54 Å². The summed E-state index contributed by atoms with van der Waals surface area (Å²) in [5, 5.41) is 14.0. The highest BCUT2D eigenvalue weighted by molar-refractivity contribution is 6.42. The Hall–Kier alpha value is -1.37. The molecule has 0 radical (unpaired) electrons. The lowest BCUT2D eigenvalue weighted by molar-refractivity contribution is -0.385. The summed E-state index contributed by atoms with van der Waals surface area (Å²) in [6, 6.07) is 2.64. The Balaban J connectivity index is 2.74. The third-order valence-electron chi connectivity index (χ3n) is 2.36. The summed E-state index contributed by atoms with van der Waals surface area (Å²) in [6.07, 6.45) is 0. The van der Waals surface area contributed by atoms with Gasteiger partial charge < -0.3 is 10.1 Å². The van der Waals surface area contributed by atoms with Gasteiger partial charge in [-0.3, -0.25) is 14.9 Å². The van der Waals surface area contributed by atoms with E-state index in [1.165, 1.54) is 12.1 Å². The molecule has 6 nitrogen and oxygen atoms in total. The first-order valence-corrected chi connectivity index (χ1v) is 6.91. The van der Waals surface area contributed by atoms with Crippen LogP contribution >= 0.6 is 23.2 Å². The monoisotopic (exact) mass is 334 g/mol. The summed E-state index contributed by atoms with van der Waals surface area (Å²) in [5.41, 5.74) is -0.503. The predicted molar refractivity (Wildman–Crippen MR) is 80.7 cm³/mol. The molecule has 0 spiro atoms. The second-order valence-electron chi connectivity index (χ2n) is 5.31. The van der Waals surface area contributed by atoms with Crippen LogP contribution < -0.4 is 5.32 Å². The van der Waals surface area contributed by atoms with E-state index in [2.05, 4.69) is 5.32 Å². The lowest BCUT2D eigenvalue weighted by Crippen LogP contribution is -2.31. The van der Waals surface area contributed by atoms with Crippen molar-refractivity contribution in [1.82, 2.24) is 5.32 Å². The molecule has 0 aliphatic rings. The van der Waals surface area contributed by atoms with Gasteiger partial charge >= 0.3 is 5.97 Å². The zero-order valence-corrected chi connectivity index (χ0v) is 13.4. The van der Waals surface area contributed by atoms with Crippen LogP contribution in [0, 0.1) is 10.1 Å². The van der Waals surface area contributed by atoms with E-state index in [-0.39, 0.29) is 34.4 Å². The molecular formula is C13H16Cl2N2O4. The standard InChI is InChI=1S/C13H16Cl2N2O4/c1-13(2,3)21-11(18)7-16-6-8-10(17(19)20)5-4-9(14)12(8)15/h4-5,16H,6-7H2,1-3H3. The Morgan fingerprint density at radius 3 is 2.52 bits per heavy atom. The number of carbonyl (C=O) groups excluding carboxylic acids is 1. The van der Waals surface area contributed by atoms with Crippen LogP contribution in [0.4, 0.5) is 5.69 Å². The fourth-order valence-electron chi connectivity index (χ4n) is 1.59. The number of hydrogen-bond donors (Lipinski definition) is 1. The maximum Gasteiger partial charge on any atom is 0.320 e. The van der Waals surface area contributed by atoms with Gasteiger partial charge in [0.05, 0.1) is 27.1 Å². The minimum Gasteiger partial charge on any atom is -0.459 e. The van der Waals surface area contributed by atoms with E-state index < -0.39 is 16.5 Å². The van der Waals surface area contributed by atoms with E-state index in [0.29, 0.717) is 0 Å². The van der Waals surface area contributed by atoms with Gasteiger partial charge in [0.1, 0.15) is 5.60 Å². The van der Waals surface area contributed by atoms with Gasteiger partial charge in [0.25, 0.3) is 5.69 Å². The molecule has 1 aromatic rings. The number of benzene rings is 1. The first-order valence-electron chi connectivity index (χ1n) is 6.15. The molecule has 8 heteroatoms. The Labute approximate surface area is 132 Å². The minimum atomic E-state index is -0.585. The number of halogens is 2. The summed E-state index contributed by atoms with van der Waals surface area (Å²) in [7, 11) is 0. The summed E-state index contributed by atoms with van der Waals surface area (Å²) < 4.78 is 5.11. The number of carbonyl (C=O) groups is 1. The maximum absolute atomic E-state index is 11.5. The van der Waals surface area contributed by atoms with Gasteiger partial charge in [-0.1, -0.05) is 23.2 Å². The Bertz CT molecular complexity index is 556. The lowest BCUT2D eigenvalue weighted by atomic mass is 10.1. The highest BCUT2D eigenvalue weighted by Gasteiger charge is 2.20. The lowest BCUT2D eigenvalue weighted by Gasteiger charge is -2.19. The maximum atomic E-state index is 11.5. The van der Waals surface area contributed by atoms with Gasteiger partial charge in [0, 0.05) is 12.6 Å². The van der Waals surface area contributed by atoms with Crippen molar-refractivity contribution in [3.63, 3.8) is 0 Å². The van der Waals surface area contributed by atoms with Gasteiger partial charge in [-0.25, -0.2) is 0 Å². The molecule has 0 aliphatic carbocycles. The molecule has 0 amide bonds. The van der Waals surface area contributed by atoms with E-state index >= 15 is 0 Å². The van der Waals surface area contributed by atoms with Crippen LogP contribution in [-0.4, -0.2) is 23.0 Å². The smallest absolute Gasteiger partial charge is 0.320 e. The summed E-state index contributed by atoms with van der Waals surface area (Å²) in [5.74, 6) is -0.455. The molecule has 116 valence electrons. The van der Waals surface area contributed by atoms with Crippen molar-refractivity contribution in [2.24, 2.45) is 0 Å². The third-order valence-corrected chi connectivity index (χ3v) is 3.20. The minimum absolute atomic E-state index is 0.0367. The molecule has 1 N–H and O–H groups in total. The Morgan fingerprint density at radius 2 is 2.00 bits per heavy atom. The number of esters is 1. The molecule has 1 rings (SSSR count). The summed E-state index contributed by atoms with van der Waals surface area (Å²) in [4.78, 5) is 21.9. The van der Waals surface area contributed by atoms with E-state index in [1.807, 2.05) is 0 Å². The molecular weight excluding hydrogens is 319 g/mol. The number of nitro groups is 1. The molecule has 1 aromatic carbocycles. The van der Waals surface area contributed by atoms with Crippen molar-refractivity contribution < 1.29 is 14.5 Å². The number of nitrogens with one attached hydrogen (secondary N) is 1.